The number of anilines is 1. The van der Waals surface area contributed by atoms with Crippen molar-refractivity contribution in [2.45, 2.75) is 13.5 Å². The number of hydrogen-bond acceptors (Lipinski definition) is 2. The Hall–Kier alpha value is -1.59. The van der Waals surface area contributed by atoms with Gasteiger partial charge in [0.2, 0.25) is 0 Å². The Bertz CT molecular complexity index is 623. The molecule has 6 heteroatoms. The molecule has 20 heavy (non-hydrogen) atoms. The molecule has 0 amide bonds. The number of thiocarbonyl (C=S) groups is 1. The predicted octanol–water partition coefficient (Wildman–Crippen LogP) is 3.21. The maximum atomic E-state index is 5.95. The largest absolute Gasteiger partial charge is 0.348 e. The summed E-state index contributed by atoms with van der Waals surface area (Å²) in [5.41, 5.74) is 3.19. The minimum absolute atomic E-state index is 0.649. The number of nitrogens with zero attached hydrogens (tertiary/aromatic N) is 3. The number of aromatic nitrogens is 2. The first-order valence-corrected chi connectivity index (χ1v) is 7.01. The summed E-state index contributed by atoms with van der Waals surface area (Å²) in [7, 11) is 3.88. The molecule has 0 unspecified atom stereocenters. The molecule has 2 aromatic rings. The van der Waals surface area contributed by atoms with Crippen LogP contribution in [-0.4, -0.2) is 26.8 Å². The van der Waals surface area contributed by atoms with Crippen LogP contribution in [0, 0.1) is 6.92 Å². The van der Waals surface area contributed by atoms with E-state index in [1.54, 1.807) is 0 Å². The van der Waals surface area contributed by atoms with Crippen molar-refractivity contribution in [2.24, 2.45) is 7.05 Å². The summed E-state index contributed by atoms with van der Waals surface area (Å²) >= 11 is 11.3. The Balaban J connectivity index is 2.00. The maximum absolute atomic E-state index is 5.95. The van der Waals surface area contributed by atoms with Crippen molar-refractivity contribution in [1.29, 1.82) is 0 Å². The molecule has 1 aromatic carbocycles. The molecule has 0 aliphatic carbocycles. The molecule has 0 spiro atoms. The SMILES string of the molecule is Cc1c(CN(C)C(=S)Nc2cccc(Cl)c2)cnn1C. The van der Waals surface area contributed by atoms with Crippen LogP contribution in [-0.2, 0) is 13.6 Å². The van der Waals surface area contributed by atoms with E-state index in [2.05, 4.69) is 10.4 Å². The Morgan fingerprint density at radius 1 is 1.50 bits per heavy atom. The second-order valence-corrected chi connectivity index (χ2v) is 5.50. The van der Waals surface area contributed by atoms with Gasteiger partial charge < -0.3 is 10.2 Å². The van der Waals surface area contributed by atoms with Gasteiger partial charge in [0.05, 0.1) is 6.20 Å². The average Bonchev–Trinajstić information content (AvgIpc) is 2.70. The number of nitrogens with one attached hydrogen (secondary N) is 1. The standard InChI is InChI=1S/C14H17ClN4S/c1-10-11(8-16-19(10)3)9-18(2)14(20)17-13-6-4-5-12(15)7-13/h4-8H,9H2,1-3H3,(H,17,20). The van der Waals surface area contributed by atoms with E-state index in [4.69, 9.17) is 23.8 Å². The first kappa shape index (κ1) is 14.8. The van der Waals surface area contributed by atoms with E-state index < -0.39 is 0 Å². The Morgan fingerprint density at radius 2 is 2.25 bits per heavy atom. The van der Waals surface area contributed by atoms with E-state index >= 15 is 0 Å². The Kier molecular flexibility index (Phi) is 4.62. The van der Waals surface area contributed by atoms with Crippen LogP contribution < -0.4 is 5.32 Å². The fourth-order valence-corrected chi connectivity index (χ4v) is 2.18. The van der Waals surface area contributed by atoms with Gasteiger partial charge in [0.15, 0.2) is 5.11 Å². The fourth-order valence-electron chi connectivity index (χ4n) is 1.81. The Morgan fingerprint density at radius 3 is 2.85 bits per heavy atom. The number of halogens is 1. The van der Waals surface area contributed by atoms with Gasteiger partial charge in [0.1, 0.15) is 0 Å². The molecule has 106 valence electrons. The summed E-state index contributed by atoms with van der Waals surface area (Å²) in [5.74, 6) is 0. The molecular weight excluding hydrogens is 292 g/mol. The van der Waals surface area contributed by atoms with Crippen molar-refractivity contribution in [3.8, 4) is 0 Å². The van der Waals surface area contributed by atoms with E-state index in [0.717, 1.165) is 16.9 Å². The zero-order chi connectivity index (χ0) is 14.7. The van der Waals surface area contributed by atoms with E-state index in [-0.39, 0.29) is 0 Å². The molecule has 2 rings (SSSR count). The van der Waals surface area contributed by atoms with Gasteiger partial charge in [-0.1, -0.05) is 17.7 Å². The molecule has 0 aliphatic heterocycles. The summed E-state index contributed by atoms with van der Waals surface area (Å²) in [6.45, 7) is 2.76. The van der Waals surface area contributed by atoms with E-state index in [9.17, 15) is 0 Å². The molecule has 1 heterocycles. The van der Waals surface area contributed by atoms with Crippen LogP contribution in [0.15, 0.2) is 30.5 Å². The fraction of sp³-hybridized carbons (Fsp3) is 0.286. The van der Waals surface area contributed by atoms with Gasteiger partial charge in [-0.05, 0) is 37.3 Å². The molecule has 1 aromatic heterocycles. The van der Waals surface area contributed by atoms with Crippen molar-refractivity contribution in [1.82, 2.24) is 14.7 Å². The van der Waals surface area contributed by atoms with Crippen molar-refractivity contribution in [3.63, 3.8) is 0 Å². The molecule has 0 saturated heterocycles. The van der Waals surface area contributed by atoms with Gasteiger partial charge in [0.25, 0.3) is 0 Å². The third kappa shape index (κ3) is 3.49. The first-order chi connectivity index (χ1) is 9.47. The molecule has 0 radical (unpaired) electrons. The molecule has 1 N–H and O–H groups in total. The number of rotatable bonds is 3. The molecule has 0 aliphatic rings. The predicted molar refractivity (Wildman–Crippen MR) is 87.1 cm³/mol. The van der Waals surface area contributed by atoms with Crippen molar-refractivity contribution in [3.05, 3.63) is 46.7 Å². The van der Waals surface area contributed by atoms with Gasteiger partial charge in [-0.25, -0.2) is 0 Å². The lowest BCUT2D eigenvalue weighted by atomic mass is 10.2. The molecule has 0 saturated carbocycles. The maximum Gasteiger partial charge on any atom is 0.173 e. The Labute approximate surface area is 129 Å². The lowest BCUT2D eigenvalue weighted by molar-refractivity contribution is 0.506. The molecule has 0 atom stereocenters. The first-order valence-electron chi connectivity index (χ1n) is 6.22. The quantitative estimate of drug-likeness (QED) is 0.883. The third-order valence-corrected chi connectivity index (χ3v) is 3.82. The summed E-state index contributed by atoms with van der Waals surface area (Å²) < 4.78 is 1.86. The van der Waals surface area contributed by atoms with Crippen LogP contribution in [0.1, 0.15) is 11.3 Å². The van der Waals surface area contributed by atoms with Crippen molar-refractivity contribution in [2.75, 3.05) is 12.4 Å². The highest BCUT2D eigenvalue weighted by Gasteiger charge is 2.10. The van der Waals surface area contributed by atoms with E-state index in [1.165, 1.54) is 0 Å². The van der Waals surface area contributed by atoms with Crippen molar-refractivity contribution < 1.29 is 0 Å². The van der Waals surface area contributed by atoms with Gasteiger partial charge >= 0.3 is 0 Å². The zero-order valence-electron chi connectivity index (χ0n) is 11.7. The van der Waals surface area contributed by atoms with Crippen molar-refractivity contribution >= 4 is 34.6 Å². The van der Waals surface area contributed by atoms with Crippen LogP contribution in [0.5, 0.6) is 0 Å². The number of aryl methyl sites for hydroxylation is 1. The monoisotopic (exact) mass is 308 g/mol. The zero-order valence-corrected chi connectivity index (χ0v) is 13.3. The second-order valence-electron chi connectivity index (χ2n) is 4.68. The smallest absolute Gasteiger partial charge is 0.173 e. The molecular formula is C14H17ClN4S. The van der Waals surface area contributed by atoms with Crippen LogP contribution in [0.3, 0.4) is 0 Å². The van der Waals surface area contributed by atoms with Gasteiger partial charge in [0, 0.05) is 42.6 Å². The van der Waals surface area contributed by atoms with Crippen LogP contribution in [0.4, 0.5) is 5.69 Å². The van der Waals surface area contributed by atoms with Crippen LogP contribution in [0.25, 0.3) is 0 Å². The summed E-state index contributed by atoms with van der Waals surface area (Å²) in [4.78, 5) is 1.97. The highest BCUT2D eigenvalue weighted by atomic mass is 35.5. The summed E-state index contributed by atoms with van der Waals surface area (Å²) in [6, 6.07) is 7.50. The van der Waals surface area contributed by atoms with Gasteiger partial charge in [-0.3, -0.25) is 4.68 Å². The highest BCUT2D eigenvalue weighted by molar-refractivity contribution is 7.80. The highest BCUT2D eigenvalue weighted by Crippen LogP contribution is 2.16. The number of hydrogen-bond donors (Lipinski definition) is 1. The van der Waals surface area contributed by atoms with E-state index in [0.29, 0.717) is 16.7 Å². The third-order valence-electron chi connectivity index (χ3n) is 3.17. The lowest BCUT2D eigenvalue weighted by Gasteiger charge is -2.21. The average molecular weight is 309 g/mol. The van der Waals surface area contributed by atoms with E-state index in [1.807, 2.05) is 61.1 Å². The number of benzene rings is 1. The molecule has 0 bridgehead atoms. The van der Waals surface area contributed by atoms with Gasteiger partial charge in [-0.15, -0.1) is 0 Å². The topological polar surface area (TPSA) is 33.1 Å². The molecule has 0 fully saturated rings. The summed E-state index contributed by atoms with van der Waals surface area (Å²) in [5, 5.41) is 8.74. The van der Waals surface area contributed by atoms with Crippen LogP contribution in [0.2, 0.25) is 5.02 Å². The minimum atomic E-state index is 0.649. The molecule has 4 nitrogen and oxygen atoms in total. The van der Waals surface area contributed by atoms with Crippen LogP contribution >= 0.6 is 23.8 Å². The summed E-state index contributed by atoms with van der Waals surface area (Å²) in [6.07, 6.45) is 1.87. The minimum Gasteiger partial charge on any atom is -0.348 e. The second kappa shape index (κ2) is 6.24. The normalized spacial score (nSPS) is 10.4. The lowest BCUT2D eigenvalue weighted by Crippen LogP contribution is -2.30. The van der Waals surface area contributed by atoms with Gasteiger partial charge in [-0.2, -0.15) is 5.10 Å².